The highest BCUT2D eigenvalue weighted by molar-refractivity contribution is 9.10. The van der Waals surface area contributed by atoms with Gasteiger partial charge in [0.15, 0.2) is 6.23 Å². The van der Waals surface area contributed by atoms with E-state index in [9.17, 15) is 0 Å². The average Bonchev–Trinajstić information content (AvgIpc) is 3.31. The molecule has 0 unspecified atom stereocenters. The molecule has 4 rings (SSSR count). The second kappa shape index (κ2) is 8.21. The lowest BCUT2D eigenvalue weighted by molar-refractivity contribution is 0.0252. The molecule has 3 aromatic rings. The normalized spacial score (nSPS) is 17.3. The number of nitrogens with zero attached hydrogens (tertiary/aromatic N) is 4. The van der Waals surface area contributed by atoms with E-state index in [0.717, 1.165) is 29.0 Å². The minimum absolute atomic E-state index is 0.164. The first-order chi connectivity index (χ1) is 13.2. The van der Waals surface area contributed by atoms with Crippen LogP contribution < -0.4 is 4.74 Å². The molecular formula is C20H21BrN4O2. The zero-order chi connectivity index (χ0) is 18.6. The molecule has 0 spiro atoms. The fraction of sp³-hybridized carbons (Fsp3) is 0.300. The van der Waals surface area contributed by atoms with Crippen molar-refractivity contribution in [1.29, 1.82) is 0 Å². The van der Waals surface area contributed by atoms with Crippen molar-refractivity contribution >= 4 is 15.9 Å². The van der Waals surface area contributed by atoms with Crippen molar-refractivity contribution in [1.82, 2.24) is 19.9 Å². The minimum Gasteiger partial charge on any atom is -0.497 e. The van der Waals surface area contributed by atoms with Gasteiger partial charge in [0.25, 0.3) is 0 Å². The van der Waals surface area contributed by atoms with Crippen LogP contribution in [-0.2, 0) is 17.8 Å². The van der Waals surface area contributed by atoms with E-state index in [4.69, 9.17) is 9.47 Å². The Morgan fingerprint density at radius 1 is 1.15 bits per heavy atom. The van der Waals surface area contributed by atoms with E-state index in [1.54, 1.807) is 7.11 Å². The zero-order valence-electron chi connectivity index (χ0n) is 15.1. The summed E-state index contributed by atoms with van der Waals surface area (Å²) >= 11 is 3.50. The van der Waals surface area contributed by atoms with Gasteiger partial charge in [0, 0.05) is 17.6 Å². The van der Waals surface area contributed by atoms with E-state index in [2.05, 4.69) is 55.4 Å². The van der Waals surface area contributed by atoms with Crippen LogP contribution in [-0.4, -0.2) is 40.2 Å². The molecule has 1 saturated heterocycles. The molecule has 0 aliphatic carbocycles. The third-order valence-corrected chi connectivity index (χ3v) is 5.07. The van der Waals surface area contributed by atoms with E-state index in [-0.39, 0.29) is 6.23 Å². The van der Waals surface area contributed by atoms with E-state index >= 15 is 0 Å². The molecule has 0 amide bonds. The average molecular weight is 429 g/mol. The minimum atomic E-state index is -0.164. The van der Waals surface area contributed by atoms with Crippen molar-refractivity contribution in [3.8, 4) is 5.75 Å². The maximum absolute atomic E-state index is 5.93. The van der Waals surface area contributed by atoms with Gasteiger partial charge in [-0.3, -0.25) is 4.90 Å². The van der Waals surface area contributed by atoms with Gasteiger partial charge in [-0.15, -0.1) is 5.10 Å². The van der Waals surface area contributed by atoms with Crippen molar-refractivity contribution in [3.63, 3.8) is 0 Å². The second-order valence-corrected chi connectivity index (χ2v) is 7.43. The van der Waals surface area contributed by atoms with Crippen molar-refractivity contribution < 1.29 is 9.47 Å². The predicted molar refractivity (Wildman–Crippen MR) is 105 cm³/mol. The third-order valence-electron chi connectivity index (χ3n) is 4.57. The van der Waals surface area contributed by atoms with Gasteiger partial charge < -0.3 is 9.47 Å². The molecule has 140 valence electrons. The summed E-state index contributed by atoms with van der Waals surface area (Å²) in [4.78, 5) is 2.27. The molecule has 7 heteroatoms. The lowest BCUT2D eigenvalue weighted by Crippen LogP contribution is -2.23. The monoisotopic (exact) mass is 428 g/mol. The predicted octanol–water partition coefficient (Wildman–Crippen LogP) is 3.63. The van der Waals surface area contributed by atoms with Crippen LogP contribution in [0.5, 0.6) is 5.75 Å². The summed E-state index contributed by atoms with van der Waals surface area (Å²) in [6.07, 6.45) is 1.81. The first-order valence-corrected chi connectivity index (χ1v) is 9.63. The molecule has 1 fully saturated rings. The molecule has 0 radical (unpaired) electrons. The molecular weight excluding hydrogens is 408 g/mol. The zero-order valence-corrected chi connectivity index (χ0v) is 16.7. The van der Waals surface area contributed by atoms with Crippen LogP contribution in [0.2, 0.25) is 0 Å². The fourth-order valence-electron chi connectivity index (χ4n) is 3.23. The van der Waals surface area contributed by atoms with Gasteiger partial charge in [0.05, 0.1) is 26.5 Å². The van der Waals surface area contributed by atoms with E-state index < -0.39 is 0 Å². The Kier molecular flexibility index (Phi) is 5.52. The number of benzene rings is 2. The molecule has 1 atom stereocenters. The number of methoxy groups -OCH3 is 1. The Labute approximate surface area is 166 Å². The smallest absolute Gasteiger partial charge is 0.157 e. The quantitative estimate of drug-likeness (QED) is 0.599. The summed E-state index contributed by atoms with van der Waals surface area (Å²) in [6.45, 7) is 3.04. The van der Waals surface area contributed by atoms with Crippen LogP contribution in [0, 0.1) is 0 Å². The number of hydrogen-bond donors (Lipinski definition) is 0. The van der Waals surface area contributed by atoms with Crippen LogP contribution in [0.25, 0.3) is 0 Å². The first kappa shape index (κ1) is 18.2. The molecule has 2 aromatic carbocycles. The van der Waals surface area contributed by atoms with Crippen molar-refractivity contribution in [2.24, 2.45) is 0 Å². The molecule has 6 nitrogen and oxygen atoms in total. The van der Waals surface area contributed by atoms with Gasteiger partial charge in [0.2, 0.25) is 0 Å². The molecule has 0 bridgehead atoms. The fourth-order valence-corrected chi connectivity index (χ4v) is 3.68. The first-order valence-electron chi connectivity index (χ1n) is 8.84. The highest BCUT2D eigenvalue weighted by Crippen LogP contribution is 2.27. The van der Waals surface area contributed by atoms with E-state index in [1.807, 2.05) is 35.1 Å². The summed E-state index contributed by atoms with van der Waals surface area (Å²) < 4.78 is 14.1. The van der Waals surface area contributed by atoms with Gasteiger partial charge in [-0.25, -0.2) is 4.68 Å². The summed E-state index contributed by atoms with van der Waals surface area (Å²) in [6, 6.07) is 16.3. The lowest BCUT2D eigenvalue weighted by Gasteiger charge is -2.21. The van der Waals surface area contributed by atoms with Crippen molar-refractivity contribution in [3.05, 3.63) is 76.0 Å². The SMILES string of the molecule is COc1ccc(CN2CCO[C@@H]2c2cn(Cc3cccc(Br)c3)nn2)cc1. The van der Waals surface area contributed by atoms with Gasteiger partial charge in [0.1, 0.15) is 11.4 Å². The Bertz CT molecular complexity index is 897. The largest absolute Gasteiger partial charge is 0.497 e. The Balaban J connectivity index is 1.44. The molecule has 1 aliphatic heterocycles. The molecule has 2 heterocycles. The topological polar surface area (TPSA) is 52.4 Å². The van der Waals surface area contributed by atoms with Gasteiger partial charge in [-0.1, -0.05) is 45.4 Å². The third kappa shape index (κ3) is 4.37. The van der Waals surface area contributed by atoms with Crippen molar-refractivity contribution in [2.75, 3.05) is 20.3 Å². The number of ether oxygens (including phenoxy) is 2. The summed E-state index contributed by atoms with van der Waals surface area (Å²) in [5, 5.41) is 8.63. The molecule has 0 N–H and O–H groups in total. The van der Waals surface area contributed by atoms with Crippen LogP contribution in [0.4, 0.5) is 0 Å². The van der Waals surface area contributed by atoms with Gasteiger partial charge in [-0.2, -0.15) is 0 Å². The van der Waals surface area contributed by atoms with Crippen LogP contribution in [0.3, 0.4) is 0 Å². The van der Waals surface area contributed by atoms with Crippen LogP contribution in [0.1, 0.15) is 23.0 Å². The lowest BCUT2D eigenvalue weighted by atomic mass is 10.2. The van der Waals surface area contributed by atoms with Gasteiger partial charge >= 0.3 is 0 Å². The highest BCUT2D eigenvalue weighted by atomic mass is 79.9. The summed E-state index contributed by atoms with van der Waals surface area (Å²) in [7, 11) is 1.68. The molecule has 1 aliphatic rings. The summed E-state index contributed by atoms with van der Waals surface area (Å²) in [5.74, 6) is 0.864. The molecule has 1 aromatic heterocycles. The maximum Gasteiger partial charge on any atom is 0.157 e. The highest BCUT2D eigenvalue weighted by Gasteiger charge is 2.29. The number of hydrogen-bond acceptors (Lipinski definition) is 5. The maximum atomic E-state index is 5.93. The van der Waals surface area contributed by atoms with E-state index in [0.29, 0.717) is 13.2 Å². The summed E-state index contributed by atoms with van der Waals surface area (Å²) in [5.41, 5.74) is 3.23. The number of aromatic nitrogens is 3. The standard InChI is InChI=1S/C20H21BrN4O2/c1-26-18-7-5-15(6-8-18)12-24-9-10-27-20(24)19-14-25(23-22-19)13-16-3-2-4-17(21)11-16/h2-8,11,14,20H,9-10,12-13H2,1H3/t20-/m1/s1. The Hall–Kier alpha value is -2.22. The molecule has 0 saturated carbocycles. The molecule has 27 heavy (non-hydrogen) atoms. The number of rotatable bonds is 6. The second-order valence-electron chi connectivity index (χ2n) is 6.51. The van der Waals surface area contributed by atoms with E-state index in [1.165, 1.54) is 11.1 Å². The van der Waals surface area contributed by atoms with Gasteiger partial charge in [-0.05, 0) is 35.4 Å². The number of halogens is 1. The Morgan fingerprint density at radius 3 is 2.78 bits per heavy atom. The van der Waals surface area contributed by atoms with Crippen LogP contribution in [0.15, 0.2) is 59.2 Å². The van der Waals surface area contributed by atoms with Crippen LogP contribution >= 0.6 is 15.9 Å². The van der Waals surface area contributed by atoms with Crippen molar-refractivity contribution in [2.45, 2.75) is 19.3 Å². The Morgan fingerprint density at radius 2 is 2.00 bits per heavy atom.